The predicted molar refractivity (Wildman–Crippen MR) is 88.9 cm³/mol. The SMILES string of the molecule is CCCN(C/C=C/[125I])[C@@H]1CCc2c(O)cccc2C1. The second-order valence-corrected chi connectivity index (χ2v) is 5.89. The second-order valence-electron chi connectivity index (χ2n) is 5.17. The summed E-state index contributed by atoms with van der Waals surface area (Å²) in [7, 11) is 0. The molecule has 0 amide bonds. The van der Waals surface area contributed by atoms with Crippen molar-refractivity contribution in [1.29, 1.82) is 0 Å². The van der Waals surface area contributed by atoms with E-state index >= 15 is 0 Å². The summed E-state index contributed by atoms with van der Waals surface area (Å²) in [5, 5.41) is 9.90. The highest BCUT2D eigenvalue weighted by Gasteiger charge is 2.24. The fourth-order valence-corrected chi connectivity index (χ4v) is 3.19. The quantitative estimate of drug-likeness (QED) is 0.796. The van der Waals surface area contributed by atoms with E-state index in [2.05, 4.69) is 50.6 Å². The van der Waals surface area contributed by atoms with Gasteiger partial charge in [-0.15, -0.1) is 0 Å². The zero-order valence-corrected chi connectivity index (χ0v) is 13.6. The molecule has 1 atom stereocenters. The molecule has 0 aliphatic heterocycles. The summed E-state index contributed by atoms with van der Waals surface area (Å²) in [6.07, 6.45) is 6.64. The number of rotatable bonds is 5. The van der Waals surface area contributed by atoms with Gasteiger partial charge in [-0.2, -0.15) is 0 Å². The van der Waals surface area contributed by atoms with Crippen LogP contribution in [0.5, 0.6) is 5.75 Å². The number of hydrogen-bond acceptors (Lipinski definition) is 2. The maximum Gasteiger partial charge on any atom is 0.119 e. The van der Waals surface area contributed by atoms with Crippen LogP contribution < -0.4 is 0 Å². The predicted octanol–water partition coefficient (Wildman–Crippen LogP) is 3.91. The summed E-state index contributed by atoms with van der Waals surface area (Å²) in [4.78, 5) is 2.57. The molecule has 0 aromatic heterocycles. The van der Waals surface area contributed by atoms with Crippen LogP contribution in [0.3, 0.4) is 0 Å². The number of aromatic hydroxyl groups is 1. The molecule has 0 saturated heterocycles. The van der Waals surface area contributed by atoms with Crippen LogP contribution in [0, 0.1) is 0 Å². The molecular formula is C16H22INO. The van der Waals surface area contributed by atoms with Crippen LogP contribution in [0.15, 0.2) is 28.4 Å². The Morgan fingerprint density at radius 1 is 1.47 bits per heavy atom. The first-order valence-electron chi connectivity index (χ1n) is 7.05. The highest BCUT2D eigenvalue weighted by Crippen LogP contribution is 2.30. The van der Waals surface area contributed by atoms with E-state index in [0.29, 0.717) is 11.8 Å². The average Bonchev–Trinajstić information content (AvgIpc) is 2.43. The number of phenols is 1. The van der Waals surface area contributed by atoms with Crippen molar-refractivity contribution < 1.29 is 5.11 Å². The number of halogens is 1. The first kappa shape index (κ1) is 14.9. The van der Waals surface area contributed by atoms with E-state index in [-0.39, 0.29) is 0 Å². The van der Waals surface area contributed by atoms with Gasteiger partial charge in [0.15, 0.2) is 0 Å². The van der Waals surface area contributed by atoms with Crippen LogP contribution in [0.25, 0.3) is 0 Å². The highest BCUT2D eigenvalue weighted by atomic mass is 125. The molecule has 0 fully saturated rings. The second kappa shape index (κ2) is 7.29. The molecule has 0 unspecified atom stereocenters. The Morgan fingerprint density at radius 2 is 2.32 bits per heavy atom. The minimum Gasteiger partial charge on any atom is -0.508 e. The lowest BCUT2D eigenvalue weighted by Crippen LogP contribution is -2.40. The van der Waals surface area contributed by atoms with Crippen LogP contribution >= 0.6 is 22.6 Å². The van der Waals surface area contributed by atoms with Crippen molar-refractivity contribution in [2.24, 2.45) is 0 Å². The summed E-state index contributed by atoms with van der Waals surface area (Å²) >= 11 is 2.28. The third-order valence-electron chi connectivity index (χ3n) is 3.89. The van der Waals surface area contributed by atoms with Crippen LogP contribution in [0.1, 0.15) is 30.9 Å². The summed E-state index contributed by atoms with van der Waals surface area (Å²) in [5.74, 6) is 0.477. The van der Waals surface area contributed by atoms with Gasteiger partial charge >= 0.3 is 0 Å². The van der Waals surface area contributed by atoms with Crippen molar-refractivity contribution in [3.05, 3.63) is 39.5 Å². The highest BCUT2D eigenvalue weighted by molar-refractivity contribution is 14.1. The molecule has 0 heterocycles. The van der Waals surface area contributed by atoms with Crippen molar-refractivity contribution in [2.45, 2.75) is 38.6 Å². The molecule has 1 aromatic carbocycles. The van der Waals surface area contributed by atoms with E-state index in [0.717, 1.165) is 32.4 Å². The molecule has 19 heavy (non-hydrogen) atoms. The first-order chi connectivity index (χ1) is 9.26. The monoisotopic (exact) mass is 369 g/mol. The Hall–Kier alpha value is -0.550. The minimum absolute atomic E-state index is 0.477. The lowest BCUT2D eigenvalue weighted by Gasteiger charge is -2.34. The van der Waals surface area contributed by atoms with E-state index in [4.69, 9.17) is 0 Å². The third kappa shape index (κ3) is 3.72. The van der Waals surface area contributed by atoms with Gasteiger partial charge in [-0.25, -0.2) is 0 Å². The largest absolute Gasteiger partial charge is 0.508 e. The Kier molecular flexibility index (Phi) is 5.70. The summed E-state index contributed by atoms with van der Waals surface area (Å²) in [6.45, 7) is 4.43. The van der Waals surface area contributed by atoms with E-state index < -0.39 is 0 Å². The normalized spacial score (nSPS) is 19.0. The molecule has 104 valence electrons. The van der Waals surface area contributed by atoms with Gasteiger partial charge in [0.05, 0.1) is 0 Å². The molecule has 3 heteroatoms. The van der Waals surface area contributed by atoms with E-state index in [9.17, 15) is 5.11 Å². The smallest absolute Gasteiger partial charge is 0.119 e. The molecule has 0 bridgehead atoms. The Bertz CT molecular complexity index is 444. The maximum atomic E-state index is 9.90. The summed E-state index contributed by atoms with van der Waals surface area (Å²) < 4.78 is 2.10. The molecule has 0 spiro atoms. The number of hydrogen-bond donors (Lipinski definition) is 1. The first-order valence-corrected chi connectivity index (χ1v) is 8.29. The molecule has 2 rings (SSSR count). The van der Waals surface area contributed by atoms with E-state index in [1.54, 1.807) is 0 Å². The molecule has 0 saturated carbocycles. The molecule has 1 aliphatic carbocycles. The zero-order valence-electron chi connectivity index (χ0n) is 11.5. The minimum atomic E-state index is 0.477. The van der Waals surface area contributed by atoms with Crippen LogP contribution in [0.4, 0.5) is 0 Å². The maximum absolute atomic E-state index is 9.90. The molecule has 2 nitrogen and oxygen atoms in total. The van der Waals surface area contributed by atoms with Crippen molar-refractivity contribution in [2.75, 3.05) is 13.1 Å². The summed E-state index contributed by atoms with van der Waals surface area (Å²) in [6, 6.07) is 6.55. The van der Waals surface area contributed by atoms with E-state index in [1.807, 2.05) is 12.1 Å². The van der Waals surface area contributed by atoms with Gasteiger partial charge in [-0.05, 0) is 53.5 Å². The topological polar surface area (TPSA) is 23.5 Å². The van der Waals surface area contributed by atoms with Crippen LogP contribution in [-0.4, -0.2) is 29.1 Å². The van der Waals surface area contributed by atoms with Crippen molar-refractivity contribution in [3.63, 3.8) is 0 Å². The molecule has 1 aliphatic rings. The van der Waals surface area contributed by atoms with E-state index in [1.165, 1.54) is 17.5 Å². The van der Waals surface area contributed by atoms with Gasteiger partial charge < -0.3 is 5.11 Å². The Labute approximate surface area is 129 Å². The van der Waals surface area contributed by atoms with Gasteiger partial charge in [0, 0.05) is 12.6 Å². The zero-order chi connectivity index (χ0) is 13.7. The molecule has 0 radical (unpaired) electrons. The molecule has 1 N–H and O–H groups in total. The van der Waals surface area contributed by atoms with Gasteiger partial charge in [0.2, 0.25) is 0 Å². The Morgan fingerprint density at radius 3 is 3.05 bits per heavy atom. The van der Waals surface area contributed by atoms with Crippen molar-refractivity contribution >= 4 is 22.6 Å². The number of phenolic OH excluding ortho intramolecular Hbond substituents is 1. The number of benzene rings is 1. The fourth-order valence-electron chi connectivity index (χ4n) is 2.96. The number of nitrogens with zero attached hydrogens (tertiary/aromatic N) is 1. The lowest BCUT2D eigenvalue weighted by atomic mass is 9.87. The third-order valence-corrected chi connectivity index (χ3v) is 4.40. The summed E-state index contributed by atoms with van der Waals surface area (Å²) in [5.41, 5.74) is 2.50. The Balaban J connectivity index is 2.10. The lowest BCUT2D eigenvalue weighted by molar-refractivity contribution is 0.198. The molecular weight excluding hydrogens is 347 g/mol. The van der Waals surface area contributed by atoms with Gasteiger partial charge in [0.1, 0.15) is 5.75 Å². The van der Waals surface area contributed by atoms with Crippen molar-refractivity contribution in [1.82, 2.24) is 4.90 Å². The number of fused-ring (bicyclic) bond motifs is 1. The van der Waals surface area contributed by atoms with Gasteiger partial charge in [0.25, 0.3) is 0 Å². The molecule has 1 aromatic rings. The standard InChI is InChI=1S/C16H22INO/c1-2-10-18(11-4-9-17)14-7-8-15-13(12-14)5-3-6-16(15)19/h3-6,9,14,19H,2,7-8,10-12H2,1H3/b9-4+/t14-/m1/s1/i17-2. The van der Waals surface area contributed by atoms with Gasteiger partial charge in [-0.1, -0.05) is 47.7 Å². The van der Waals surface area contributed by atoms with Crippen molar-refractivity contribution in [3.8, 4) is 5.75 Å². The average molecular weight is 369 g/mol. The van der Waals surface area contributed by atoms with Gasteiger partial charge in [-0.3, -0.25) is 4.90 Å². The van der Waals surface area contributed by atoms with Crippen LogP contribution in [-0.2, 0) is 12.8 Å². The van der Waals surface area contributed by atoms with Crippen LogP contribution in [0.2, 0.25) is 0 Å². The fraction of sp³-hybridized carbons (Fsp3) is 0.500.